The summed E-state index contributed by atoms with van der Waals surface area (Å²) >= 11 is 1.67. The van der Waals surface area contributed by atoms with E-state index in [0.29, 0.717) is 6.42 Å². The lowest BCUT2D eigenvalue weighted by molar-refractivity contribution is -0.384. The Morgan fingerprint density at radius 1 is 1.20 bits per heavy atom. The predicted molar refractivity (Wildman–Crippen MR) is 82.0 cm³/mol. The SMILES string of the molecule is CSc1ccccc1C(N)Cc1ccc([N+](=O)[O-])cc1. The van der Waals surface area contributed by atoms with Crippen molar-refractivity contribution < 1.29 is 4.92 Å². The quantitative estimate of drug-likeness (QED) is 0.519. The first-order valence-electron chi connectivity index (χ1n) is 6.23. The highest BCUT2D eigenvalue weighted by Gasteiger charge is 2.12. The number of hydrogen-bond acceptors (Lipinski definition) is 4. The molecule has 104 valence electrons. The van der Waals surface area contributed by atoms with Gasteiger partial charge in [-0.15, -0.1) is 11.8 Å². The van der Waals surface area contributed by atoms with Crippen LogP contribution in [0.1, 0.15) is 17.2 Å². The molecule has 0 aliphatic rings. The van der Waals surface area contributed by atoms with Gasteiger partial charge in [-0.25, -0.2) is 0 Å². The van der Waals surface area contributed by atoms with Crippen LogP contribution in [0.5, 0.6) is 0 Å². The van der Waals surface area contributed by atoms with Crippen molar-refractivity contribution in [2.24, 2.45) is 5.73 Å². The van der Waals surface area contributed by atoms with Gasteiger partial charge in [-0.1, -0.05) is 30.3 Å². The molecule has 0 fully saturated rings. The summed E-state index contributed by atoms with van der Waals surface area (Å²) in [5.41, 5.74) is 8.47. The van der Waals surface area contributed by atoms with E-state index in [1.807, 2.05) is 24.5 Å². The Kier molecular flexibility index (Phi) is 4.76. The zero-order chi connectivity index (χ0) is 14.5. The summed E-state index contributed by atoms with van der Waals surface area (Å²) < 4.78 is 0. The molecule has 0 heterocycles. The highest BCUT2D eigenvalue weighted by atomic mass is 32.2. The number of non-ortho nitro benzene ring substituents is 1. The monoisotopic (exact) mass is 288 g/mol. The van der Waals surface area contributed by atoms with Gasteiger partial charge >= 0.3 is 0 Å². The van der Waals surface area contributed by atoms with Crippen LogP contribution in [-0.2, 0) is 6.42 Å². The molecular formula is C15H16N2O2S. The summed E-state index contributed by atoms with van der Waals surface area (Å²) in [6, 6.07) is 14.5. The lowest BCUT2D eigenvalue weighted by Gasteiger charge is -2.15. The maximum atomic E-state index is 10.6. The number of nitrogens with two attached hydrogens (primary N) is 1. The largest absolute Gasteiger partial charge is 0.324 e. The molecule has 0 aromatic heterocycles. The molecule has 2 rings (SSSR count). The standard InChI is InChI=1S/C15H16N2O2S/c1-20-15-5-3-2-4-13(15)14(16)10-11-6-8-12(9-7-11)17(18)19/h2-9,14H,10,16H2,1H3. The first kappa shape index (κ1) is 14.6. The van der Waals surface area contributed by atoms with Gasteiger partial charge in [0.05, 0.1) is 4.92 Å². The predicted octanol–water partition coefficient (Wildman–Crippen LogP) is 3.56. The molecule has 2 N–H and O–H groups in total. The molecule has 20 heavy (non-hydrogen) atoms. The van der Waals surface area contributed by atoms with E-state index in [1.54, 1.807) is 23.9 Å². The van der Waals surface area contributed by atoms with Crippen LogP contribution in [0.4, 0.5) is 5.69 Å². The van der Waals surface area contributed by atoms with Crippen LogP contribution in [0.25, 0.3) is 0 Å². The van der Waals surface area contributed by atoms with Crippen molar-refractivity contribution in [1.29, 1.82) is 0 Å². The van der Waals surface area contributed by atoms with Crippen LogP contribution < -0.4 is 5.73 Å². The van der Waals surface area contributed by atoms with E-state index in [2.05, 4.69) is 6.07 Å². The van der Waals surface area contributed by atoms with E-state index < -0.39 is 4.92 Å². The highest BCUT2D eigenvalue weighted by molar-refractivity contribution is 7.98. The Labute approximate surface area is 122 Å². The van der Waals surface area contributed by atoms with Crippen molar-refractivity contribution in [3.05, 3.63) is 69.8 Å². The van der Waals surface area contributed by atoms with Crippen molar-refractivity contribution in [1.82, 2.24) is 0 Å². The molecule has 0 spiro atoms. The number of thioether (sulfide) groups is 1. The number of nitro groups is 1. The average Bonchev–Trinajstić information content (AvgIpc) is 2.47. The Bertz CT molecular complexity index is 599. The van der Waals surface area contributed by atoms with Crippen LogP contribution in [0.2, 0.25) is 0 Å². The molecular weight excluding hydrogens is 272 g/mol. The lowest BCUT2D eigenvalue weighted by Crippen LogP contribution is -2.14. The minimum atomic E-state index is -0.396. The Morgan fingerprint density at radius 2 is 1.85 bits per heavy atom. The minimum absolute atomic E-state index is 0.104. The second kappa shape index (κ2) is 6.54. The molecule has 0 aliphatic heterocycles. The molecule has 1 unspecified atom stereocenters. The van der Waals surface area contributed by atoms with E-state index >= 15 is 0 Å². The van der Waals surface area contributed by atoms with Crippen molar-refractivity contribution in [3.63, 3.8) is 0 Å². The Hall–Kier alpha value is -1.85. The molecule has 2 aromatic rings. The summed E-state index contributed by atoms with van der Waals surface area (Å²) in [6.45, 7) is 0. The van der Waals surface area contributed by atoms with Gasteiger partial charge in [0, 0.05) is 23.1 Å². The number of rotatable bonds is 5. The fourth-order valence-electron chi connectivity index (χ4n) is 2.09. The van der Waals surface area contributed by atoms with Gasteiger partial charge < -0.3 is 5.73 Å². The fraction of sp³-hybridized carbons (Fsp3) is 0.200. The van der Waals surface area contributed by atoms with Crippen LogP contribution in [-0.4, -0.2) is 11.2 Å². The lowest BCUT2D eigenvalue weighted by atomic mass is 9.99. The number of benzene rings is 2. The Balaban J connectivity index is 2.14. The van der Waals surface area contributed by atoms with Crippen molar-refractivity contribution in [2.75, 3.05) is 6.26 Å². The van der Waals surface area contributed by atoms with Crippen LogP contribution in [0.3, 0.4) is 0 Å². The topological polar surface area (TPSA) is 69.2 Å². The van der Waals surface area contributed by atoms with E-state index in [1.165, 1.54) is 17.0 Å². The molecule has 1 atom stereocenters. The maximum Gasteiger partial charge on any atom is 0.269 e. The van der Waals surface area contributed by atoms with Gasteiger partial charge in [0.25, 0.3) is 5.69 Å². The van der Waals surface area contributed by atoms with Gasteiger partial charge in [0.1, 0.15) is 0 Å². The zero-order valence-corrected chi connectivity index (χ0v) is 12.0. The third kappa shape index (κ3) is 3.37. The van der Waals surface area contributed by atoms with Gasteiger partial charge in [0.2, 0.25) is 0 Å². The molecule has 0 saturated carbocycles. The van der Waals surface area contributed by atoms with Crippen LogP contribution in [0, 0.1) is 10.1 Å². The molecule has 4 nitrogen and oxygen atoms in total. The second-order valence-electron chi connectivity index (χ2n) is 4.48. The van der Waals surface area contributed by atoms with E-state index in [9.17, 15) is 10.1 Å². The van der Waals surface area contributed by atoms with Crippen LogP contribution >= 0.6 is 11.8 Å². The Morgan fingerprint density at radius 3 is 2.45 bits per heavy atom. The summed E-state index contributed by atoms with van der Waals surface area (Å²) in [4.78, 5) is 11.4. The third-order valence-corrected chi connectivity index (χ3v) is 3.95. The molecule has 5 heteroatoms. The molecule has 0 bridgehead atoms. The highest BCUT2D eigenvalue weighted by Crippen LogP contribution is 2.26. The van der Waals surface area contributed by atoms with Gasteiger partial charge in [-0.05, 0) is 29.9 Å². The fourth-order valence-corrected chi connectivity index (χ4v) is 2.76. The van der Waals surface area contributed by atoms with Crippen molar-refractivity contribution >= 4 is 17.4 Å². The minimum Gasteiger partial charge on any atom is -0.324 e. The van der Waals surface area contributed by atoms with Crippen molar-refractivity contribution in [2.45, 2.75) is 17.4 Å². The van der Waals surface area contributed by atoms with Crippen molar-refractivity contribution in [3.8, 4) is 0 Å². The van der Waals surface area contributed by atoms with E-state index in [0.717, 1.165) is 11.1 Å². The van der Waals surface area contributed by atoms with E-state index in [4.69, 9.17) is 5.73 Å². The van der Waals surface area contributed by atoms with Gasteiger partial charge in [0.15, 0.2) is 0 Å². The van der Waals surface area contributed by atoms with Gasteiger partial charge in [-0.3, -0.25) is 10.1 Å². The summed E-state index contributed by atoms with van der Waals surface area (Å²) in [6.07, 6.45) is 2.69. The number of hydrogen-bond donors (Lipinski definition) is 1. The first-order valence-corrected chi connectivity index (χ1v) is 7.46. The first-order chi connectivity index (χ1) is 9.61. The second-order valence-corrected chi connectivity index (χ2v) is 5.32. The number of nitro benzene ring substituents is 1. The summed E-state index contributed by atoms with van der Waals surface area (Å²) in [5, 5.41) is 10.6. The smallest absolute Gasteiger partial charge is 0.269 e. The summed E-state index contributed by atoms with van der Waals surface area (Å²) in [7, 11) is 0. The molecule has 2 aromatic carbocycles. The number of nitrogens with zero attached hydrogens (tertiary/aromatic N) is 1. The van der Waals surface area contributed by atoms with E-state index in [-0.39, 0.29) is 11.7 Å². The average molecular weight is 288 g/mol. The third-order valence-electron chi connectivity index (χ3n) is 3.14. The van der Waals surface area contributed by atoms with Crippen LogP contribution in [0.15, 0.2) is 53.4 Å². The maximum absolute atomic E-state index is 10.6. The molecule has 0 amide bonds. The molecule has 0 saturated heterocycles. The zero-order valence-electron chi connectivity index (χ0n) is 11.2. The normalized spacial score (nSPS) is 12.1. The van der Waals surface area contributed by atoms with Gasteiger partial charge in [-0.2, -0.15) is 0 Å². The summed E-state index contributed by atoms with van der Waals surface area (Å²) in [5.74, 6) is 0. The molecule has 0 radical (unpaired) electrons. The molecule has 0 aliphatic carbocycles.